The highest BCUT2D eigenvalue weighted by atomic mass is 35.5. The van der Waals surface area contributed by atoms with Gasteiger partial charge in [-0.2, -0.15) is 0 Å². The second-order valence-electron chi connectivity index (χ2n) is 2.58. The van der Waals surface area contributed by atoms with Crippen molar-refractivity contribution in [2.45, 2.75) is 0 Å². The zero-order valence-corrected chi connectivity index (χ0v) is 8.50. The smallest absolute Gasteiger partial charge is 0.224 e. The lowest BCUT2D eigenvalue weighted by atomic mass is 10.2. The van der Waals surface area contributed by atoms with E-state index in [1.807, 2.05) is 12.1 Å². The van der Waals surface area contributed by atoms with Crippen LogP contribution in [0.2, 0.25) is 10.4 Å². The minimum Gasteiger partial charge on any atom is -0.265 e. The fourth-order valence-corrected chi connectivity index (χ4v) is 1.47. The first-order valence-electron chi connectivity index (χ1n) is 3.86. The average Bonchev–Trinajstić information content (AvgIpc) is 2.18. The maximum atomic E-state index is 5.75. The third kappa shape index (κ3) is 2.00. The van der Waals surface area contributed by atoms with Gasteiger partial charge < -0.3 is 0 Å². The van der Waals surface area contributed by atoms with Crippen molar-refractivity contribution in [2.75, 3.05) is 0 Å². The van der Waals surface area contributed by atoms with Crippen molar-refractivity contribution in [1.29, 1.82) is 0 Å². The molecule has 0 N–H and O–H groups in total. The number of aromatic nitrogens is 3. The molecular weight excluding hydrogens is 221 g/mol. The van der Waals surface area contributed by atoms with Crippen LogP contribution in [0.4, 0.5) is 0 Å². The van der Waals surface area contributed by atoms with Crippen LogP contribution < -0.4 is 0 Å². The maximum Gasteiger partial charge on any atom is 0.224 e. The van der Waals surface area contributed by atoms with Crippen molar-refractivity contribution in [1.82, 2.24) is 15.0 Å². The molecule has 5 heteroatoms. The average molecular weight is 226 g/mol. The van der Waals surface area contributed by atoms with Crippen molar-refractivity contribution in [3.05, 3.63) is 41.0 Å². The summed E-state index contributed by atoms with van der Waals surface area (Å²) in [5.74, 6) is 0. The molecule has 0 radical (unpaired) electrons. The number of hydrogen-bond donors (Lipinski definition) is 0. The zero-order chi connectivity index (χ0) is 9.97. The van der Waals surface area contributed by atoms with E-state index in [0.29, 0.717) is 10.8 Å². The monoisotopic (exact) mass is 225 g/mol. The molecular formula is C9H5Cl2N3. The summed E-state index contributed by atoms with van der Waals surface area (Å²) in [6, 6.07) is 5.31. The molecule has 2 rings (SSSR count). The Balaban J connectivity index is 2.52. The van der Waals surface area contributed by atoms with Gasteiger partial charge in [0, 0.05) is 24.0 Å². The molecule has 0 bridgehead atoms. The molecule has 0 unspecified atom stereocenters. The van der Waals surface area contributed by atoms with Gasteiger partial charge in [0.2, 0.25) is 5.28 Å². The molecule has 70 valence electrons. The van der Waals surface area contributed by atoms with Gasteiger partial charge in [0.15, 0.2) is 0 Å². The molecule has 0 saturated carbocycles. The minimum atomic E-state index is 0.143. The van der Waals surface area contributed by atoms with Gasteiger partial charge in [0.05, 0.1) is 5.69 Å². The van der Waals surface area contributed by atoms with Gasteiger partial charge in [-0.15, -0.1) is 0 Å². The SMILES string of the molecule is Clc1cc(-c2ccncc2)nc(Cl)n1. The van der Waals surface area contributed by atoms with Crippen LogP contribution in [0.25, 0.3) is 11.3 Å². The Hall–Kier alpha value is -1.19. The summed E-state index contributed by atoms with van der Waals surface area (Å²) >= 11 is 11.4. The molecule has 3 nitrogen and oxygen atoms in total. The minimum absolute atomic E-state index is 0.143. The highest BCUT2D eigenvalue weighted by Gasteiger charge is 2.02. The van der Waals surface area contributed by atoms with Crippen LogP contribution in [0, 0.1) is 0 Å². The lowest BCUT2D eigenvalue weighted by molar-refractivity contribution is 1.17. The largest absolute Gasteiger partial charge is 0.265 e. The van der Waals surface area contributed by atoms with Crippen LogP contribution in [-0.4, -0.2) is 15.0 Å². The molecule has 0 aliphatic rings. The molecule has 0 saturated heterocycles. The van der Waals surface area contributed by atoms with E-state index in [4.69, 9.17) is 23.2 Å². The fraction of sp³-hybridized carbons (Fsp3) is 0. The summed E-state index contributed by atoms with van der Waals surface area (Å²) in [6.45, 7) is 0. The third-order valence-corrected chi connectivity index (χ3v) is 2.01. The summed E-state index contributed by atoms with van der Waals surface area (Å²) in [6.07, 6.45) is 3.36. The van der Waals surface area contributed by atoms with E-state index in [1.54, 1.807) is 18.5 Å². The second-order valence-corrected chi connectivity index (χ2v) is 3.31. The number of nitrogens with zero attached hydrogens (tertiary/aromatic N) is 3. The summed E-state index contributed by atoms with van der Waals surface area (Å²) in [4.78, 5) is 11.7. The molecule has 0 amide bonds. The maximum absolute atomic E-state index is 5.75. The van der Waals surface area contributed by atoms with Gasteiger partial charge >= 0.3 is 0 Å². The van der Waals surface area contributed by atoms with Crippen molar-refractivity contribution in [3.63, 3.8) is 0 Å². The van der Waals surface area contributed by atoms with E-state index in [0.717, 1.165) is 5.56 Å². The first-order chi connectivity index (χ1) is 6.75. The van der Waals surface area contributed by atoms with Crippen molar-refractivity contribution >= 4 is 23.2 Å². The summed E-state index contributed by atoms with van der Waals surface area (Å²) in [5.41, 5.74) is 1.60. The van der Waals surface area contributed by atoms with Crippen molar-refractivity contribution in [2.24, 2.45) is 0 Å². The Morgan fingerprint density at radius 1 is 1.00 bits per heavy atom. The third-order valence-electron chi connectivity index (χ3n) is 1.64. The molecule has 0 aliphatic carbocycles. The first kappa shape index (κ1) is 9.37. The van der Waals surface area contributed by atoms with E-state index in [9.17, 15) is 0 Å². The summed E-state index contributed by atoms with van der Waals surface area (Å²) < 4.78 is 0. The van der Waals surface area contributed by atoms with Crippen molar-refractivity contribution in [3.8, 4) is 11.3 Å². The molecule has 0 fully saturated rings. The highest BCUT2D eigenvalue weighted by molar-refractivity contribution is 6.32. The molecule has 0 aliphatic heterocycles. The lowest BCUT2D eigenvalue weighted by Crippen LogP contribution is -1.88. The highest BCUT2D eigenvalue weighted by Crippen LogP contribution is 2.20. The van der Waals surface area contributed by atoms with Gasteiger partial charge in [-0.05, 0) is 23.7 Å². The Kier molecular flexibility index (Phi) is 2.61. The zero-order valence-electron chi connectivity index (χ0n) is 6.98. The quantitative estimate of drug-likeness (QED) is 0.554. The van der Waals surface area contributed by atoms with E-state index in [1.165, 1.54) is 0 Å². The van der Waals surface area contributed by atoms with Crippen LogP contribution in [0.15, 0.2) is 30.6 Å². The Bertz CT molecular complexity index is 425. The lowest BCUT2D eigenvalue weighted by Gasteiger charge is -2.00. The predicted molar refractivity (Wildman–Crippen MR) is 55.3 cm³/mol. The molecule has 2 aromatic heterocycles. The number of hydrogen-bond acceptors (Lipinski definition) is 3. The Labute approximate surface area is 90.8 Å². The van der Waals surface area contributed by atoms with E-state index in [-0.39, 0.29) is 5.28 Å². The van der Waals surface area contributed by atoms with Gasteiger partial charge in [-0.25, -0.2) is 9.97 Å². The second kappa shape index (κ2) is 3.90. The normalized spacial score (nSPS) is 10.1. The number of rotatable bonds is 1. The standard InChI is InChI=1S/C9H5Cl2N3/c10-8-5-7(13-9(11)14-8)6-1-3-12-4-2-6/h1-5H. The van der Waals surface area contributed by atoms with Crippen LogP contribution >= 0.6 is 23.2 Å². The Morgan fingerprint density at radius 2 is 1.71 bits per heavy atom. The number of pyridine rings is 1. The van der Waals surface area contributed by atoms with Crippen molar-refractivity contribution < 1.29 is 0 Å². The van der Waals surface area contributed by atoms with Crippen LogP contribution in [0.5, 0.6) is 0 Å². The predicted octanol–water partition coefficient (Wildman–Crippen LogP) is 2.85. The van der Waals surface area contributed by atoms with Crippen LogP contribution in [0.1, 0.15) is 0 Å². The molecule has 0 aromatic carbocycles. The fourth-order valence-electron chi connectivity index (χ4n) is 1.06. The van der Waals surface area contributed by atoms with Gasteiger partial charge in [0.1, 0.15) is 5.15 Å². The van der Waals surface area contributed by atoms with Crippen LogP contribution in [0.3, 0.4) is 0 Å². The molecule has 2 heterocycles. The van der Waals surface area contributed by atoms with E-state index < -0.39 is 0 Å². The Morgan fingerprint density at radius 3 is 2.36 bits per heavy atom. The topological polar surface area (TPSA) is 38.7 Å². The van der Waals surface area contributed by atoms with Crippen LogP contribution in [-0.2, 0) is 0 Å². The first-order valence-corrected chi connectivity index (χ1v) is 4.62. The molecule has 2 aromatic rings. The van der Waals surface area contributed by atoms with Gasteiger partial charge in [-0.3, -0.25) is 4.98 Å². The molecule has 0 spiro atoms. The van der Waals surface area contributed by atoms with Gasteiger partial charge in [0.25, 0.3) is 0 Å². The van der Waals surface area contributed by atoms with Gasteiger partial charge in [-0.1, -0.05) is 11.6 Å². The number of halogens is 2. The summed E-state index contributed by atoms with van der Waals surface area (Å²) in [7, 11) is 0. The molecule has 0 atom stereocenters. The van der Waals surface area contributed by atoms with E-state index >= 15 is 0 Å². The summed E-state index contributed by atoms with van der Waals surface area (Å²) in [5, 5.41) is 0.473. The molecule has 14 heavy (non-hydrogen) atoms. The van der Waals surface area contributed by atoms with E-state index in [2.05, 4.69) is 15.0 Å².